The van der Waals surface area contributed by atoms with Crippen LogP contribution in [-0.4, -0.2) is 24.9 Å². The molecule has 3 rings (SSSR count). The summed E-state index contributed by atoms with van der Waals surface area (Å²) in [6.07, 6.45) is 0. The second-order valence-corrected chi connectivity index (χ2v) is 5.04. The number of benzene rings is 3. The summed E-state index contributed by atoms with van der Waals surface area (Å²) in [6.45, 7) is 0. The molecule has 0 bridgehead atoms. The average Bonchev–Trinajstić information content (AvgIpc) is 2.49. The molecule has 22 heavy (non-hydrogen) atoms. The summed E-state index contributed by atoms with van der Waals surface area (Å²) in [6, 6.07) is 19.0. The first kappa shape index (κ1) is 16.2. The first-order valence-corrected chi connectivity index (χ1v) is 7.56. The van der Waals surface area contributed by atoms with Gasteiger partial charge in [0.05, 0.1) is 0 Å². The summed E-state index contributed by atoms with van der Waals surface area (Å²) in [4.78, 5) is 21.7. The molecule has 0 spiro atoms. The fraction of sp³-hybridized carbons (Fsp3) is 0. The second kappa shape index (κ2) is 7.20. The standard InChI is InChI=1S/C16H12O2.H3O3P/c17-15-7-3-6-14(16(15)18)13-9-8-11-4-1-2-5-12(11)10-13;1-4(2)3/h1-10,17-18H;1-3H. The van der Waals surface area contributed by atoms with Crippen molar-refractivity contribution in [3.05, 3.63) is 60.7 Å². The van der Waals surface area contributed by atoms with Gasteiger partial charge in [-0.1, -0.05) is 48.5 Å². The lowest BCUT2D eigenvalue weighted by molar-refractivity contribution is 0.368. The zero-order valence-electron chi connectivity index (χ0n) is 11.5. The molecule has 0 fully saturated rings. The van der Waals surface area contributed by atoms with Gasteiger partial charge in [0.2, 0.25) is 0 Å². The van der Waals surface area contributed by atoms with Gasteiger partial charge in [-0.15, -0.1) is 0 Å². The van der Waals surface area contributed by atoms with Crippen LogP contribution in [0.3, 0.4) is 0 Å². The number of hydrogen-bond donors (Lipinski definition) is 5. The Bertz CT molecular complexity index is 771. The molecule has 0 aliphatic rings. The highest BCUT2D eigenvalue weighted by atomic mass is 31.2. The molecule has 0 aromatic heterocycles. The minimum absolute atomic E-state index is 0.0761. The summed E-state index contributed by atoms with van der Waals surface area (Å²) >= 11 is 0. The Morgan fingerprint density at radius 1 is 0.682 bits per heavy atom. The van der Waals surface area contributed by atoms with Crippen LogP contribution in [0, 0.1) is 0 Å². The van der Waals surface area contributed by atoms with E-state index in [1.807, 2.05) is 42.5 Å². The average molecular weight is 318 g/mol. The Labute approximate surface area is 128 Å². The molecule has 0 aliphatic carbocycles. The Balaban J connectivity index is 0.000000396. The molecule has 0 atom stereocenters. The van der Waals surface area contributed by atoms with Crippen molar-refractivity contribution < 1.29 is 24.9 Å². The van der Waals surface area contributed by atoms with Gasteiger partial charge >= 0.3 is 8.60 Å². The molecule has 0 heterocycles. The number of hydrogen-bond acceptors (Lipinski definition) is 5. The molecule has 5 N–H and O–H groups in total. The van der Waals surface area contributed by atoms with Crippen LogP contribution >= 0.6 is 8.60 Å². The zero-order chi connectivity index (χ0) is 16.1. The summed E-state index contributed by atoms with van der Waals surface area (Å²) in [5.74, 6) is -0.173. The van der Waals surface area contributed by atoms with Gasteiger partial charge in [-0.05, 0) is 28.5 Å². The SMILES string of the molecule is OP(O)O.Oc1cccc(-c2ccc3ccccc3c2)c1O. The Morgan fingerprint density at radius 2 is 1.32 bits per heavy atom. The van der Waals surface area contributed by atoms with Crippen LogP contribution in [0.2, 0.25) is 0 Å². The maximum absolute atomic E-state index is 9.87. The first-order chi connectivity index (χ1) is 10.5. The number of phenolic OH excluding ortho intramolecular Hbond substituents is 2. The second-order valence-electron chi connectivity index (χ2n) is 4.50. The molecule has 6 heteroatoms. The van der Waals surface area contributed by atoms with Crippen LogP contribution in [-0.2, 0) is 0 Å². The van der Waals surface area contributed by atoms with E-state index in [0.29, 0.717) is 5.56 Å². The number of para-hydroxylation sites is 1. The molecule has 0 saturated heterocycles. The topological polar surface area (TPSA) is 101 Å². The molecule has 0 aliphatic heterocycles. The van der Waals surface area contributed by atoms with E-state index in [9.17, 15) is 10.2 Å². The van der Waals surface area contributed by atoms with Crippen molar-refractivity contribution in [2.45, 2.75) is 0 Å². The molecule has 114 valence electrons. The Kier molecular flexibility index (Phi) is 5.31. The molecule has 0 radical (unpaired) electrons. The van der Waals surface area contributed by atoms with E-state index in [-0.39, 0.29) is 11.5 Å². The van der Waals surface area contributed by atoms with E-state index in [1.54, 1.807) is 12.1 Å². The third-order valence-electron chi connectivity index (χ3n) is 3.08. The molecule has 0 amide bonds. The van der Waals surface area contributed by atoms with Crippen LogP contribution in [0.4, 0.5) is 0 Å². The number of fused-ring (bicyclic) bond motifs is 1. The monoisotopic (exact) mass is 318 g/mol. The van der Waals surface area contributed by atoms with Crippen LogP contribution in [0.1, 0.15) is 0 Å². The highest BCUT2D eigenvalue weighted by molar-refractivity contribution is 7.38. The van der Waals surface area contributed by atoms with Gasteiger partial charge < -0.3 is 24.9 Å². The van der Waals surface area contributed by atoms with Crippen molar-refractivity contribution in [1.29, 1.82) is 0 Å². The van der Waals surface area contributed by atoms with Crippen molar-refractivity contribution in [3.8, 4) is 22.6 Å². The number of phenols is 2. The van der Waals surface area contributed by atoms with Gasteiger partial charge in [-0.3, -0.25) is 0 Å². The number of aromatic hydroxyl groups is 2. The van der Waals surface area contributed by atoms with Crippen LogP contribution in [0.25, 0.3) is 21.9 Å². The first-order valence-electron chi connectivity index (χ1n) is 6.36. The summed E-state index contributed by atoms with van der Waals surface area (Å²) in [5, 5.41) is 21.7. The predicted octanol–water partition coefficient (Wildman–Crippen LogP) is 3.11. The predicted molar refractivity (Wildman–Crippen MR) is 86.3 cm³/mol. The quantitative estimate of drug-likeness (QED) is 0.350. The molecule has 3 aromatic carbocycles. The van der Waals surface area contributed by atoms with E-state index < -0.39 is 8.60 Å². The largest absolute Gasteiger partial charge is 0.504 e. The minimum atomic E-state index is -2.62. The van der Waals surface area contributed by atoms with Crippen molar-refractivity contribution in [2.75, 3.05) is 0 Å². The van der Waals surface area contributed by atoms with Crippen molar-refractivity contribution in [2.24, 2.45) is 0 Å². The van der Waals surface area contributed by atoms with Crippen molar-refractivity contribution in [3.63, 3.8) is 0 Å². The minimum Gasteiger partial charge on any atom is -0.504 e. The lowest BCUT2D eigenvalue weighted by Crippen LogP contribution is -1.80. The summed E-state index contributed by atoms with van der Waals surface area (Å²) < 4.78 is 0. The summed E-state index contributed by atoms with van der Waals surface area (Å²) in [7, 11) is -2.62. The lowest BCUT2D eigenvalue weighted by Gasteiger charge is -2.07. The zero-order valence-corrected chi connectivity index (χ0v) is 12.4. The van der Waals surface area contributed by atoms with E-state index in [4.69, 9.17) is 14.7 Å². The maximum Gasteiger partial charge on any atom is 0.324 e. The van der Waals surface area contributed by atoms with Gasteiger partial charge in [0.1, 0.15) is 0 Å². The fourth-order valence-corrected chi connectivity index (χ4v) is 2.12. The third kappa shape index (κ3) is 3.93. The molecular weight excluding hydrogens is 303 g/mol. The van der Waals surface area contributed by atoms with Gasteiger partial charge in [0.25, 0.3) is 0 Å². The fourth-order valence-electron chi connectivity index (χ4n) is 2.12. The van der Waals surface area contributed by atoms with E-state index in [1.165, 1.54) is 6.07 Å². The normalized spacial score (nSPS) is 10.4. The van der Waals surface area contributed by atoms with Crippen LogP contribution in [0.15, 0.2) is 60.7 Å². The smallest absolute Gasteiger partial charge is 0.324 e. The van der Waals surface area contributed by atoms with E-state index in [2.05, 4.69) is 0 Å². The highest BCUT2D eigenvalue weighted by Gasteiger charge is 2.08. The van der Waals surface area contributed by atoms with E-state index in [0.717, 1.165) is 16.3 Å². The highest BCUT2D eigenvalue weighted by Crippen LogP contribution is 2.36. The van der Waals surface area contributed by atoms with Gasteiger partial charge in [-0.2, -0.15) is 0 Å². The van der Waals surface area contributed by atoms with Gasteiger partial charge in [0, 0.05) is 5.56 Å². The summed E-state index contributed by atoms with van der Waals surface area (Å²) in [5.41, 5.74) is 1.53. The van der Waals surface area contributed by atoms with Crippen molar-refractivity contribution >= 4 is 19.4 Å². The van der Waals surface area contributed by atoms with E-state index >= 15 is 0 Å². The van der Waals surface area contributed by atoms with Crippen molar-refractivity contribution in [1.82, 2.24) is 0 Å². The van der Waals surface area contributed by atoms with Crippen LogP contribution in [0.5, 0.6) is 11.5 Å². The van der Waals surface area contributed by atoms with Crippen LogP contribution < -0.4 is 0 Å². The maximum atomic E-state index is 9.87. The molecular formula is C16H15O5P. The molecule has 0 saturated carbocycles. The van der Waals surface area contributed by atoms with Gasteiger partial charge in [-0.25, -0.2) is 0 Å². The lowest BCUT2D eigenvalue weighted by atomic mass is 10.0. The third-order valence-corrected chi connectivity index (χ3v) is 3.08. The Morgan fingerprint density at radius 3 is 2.00 bits per heavy atom. The molecule has 0 unspecified atom stereocenters. The molecule has 5 nitrogen and oxygen atoms in total. The number of rotatable bonds is 1. The Hall–Kier alpha value is -2.17. The van der Waals surface area contributed by atoms with Gasteiger partial charge in [0.15, 0.2) is 11.5 Å². The molecule has 3 aromatic rings.